The molecule has 6 nitrogen and oxygen atoms in total. The van der Waals surface area contributed by atoms with E-state index in [-0.39, 0.29) is 6.04 Å². The average molecular weight is 241 g/mol. The van der Waals surface area contributed by atoms with Crippen molar-refractivity contribution < 1.29 is 4.74 Å². The minimum atomic E-state index is 0.227. The summed E-state index contributed by atoms with van der Waals surface area (Å²) >= 11 is 0. The molecule has 0 radical (unpaired) electrons. The SMILES string of the molecule is CCOCCCC(Cc1ncnn1CC)NN. The van der Waals surface area contributed by atoms with Crippen LogP contribution in [0.1, 0.15) is 32.5 Å². The van der Waals surface area contributed by atoms with E-state index in [1.165, 1.54) is 0 Å². The van der Waals surface area contributed by atoms with Crippen molar-refractivity contribution in [3.05, 3.63) is 12.2 Å². The Morgan fingerprint density at radius 2 is 2.35 bits per heavy atom. The van der Waals surface area contributed by atoms with Crippen LogP contribution in [0.4, 0.5) is 0 Å². The highest BCUT2D eigenvalue weighted by molar-refractivity contribution is 4.89. The Morgan fingerprint density at radius 3 is 3.00 bits per heavy atom. The maximum absolute atomic E-state index is 5.55. The van der Waals surface area contributed by atoms with E-state index in [0.717, 1.165) is 44.8 Å². The molecule has 1 aromatic heterocycles. The van der Waals surface area contributed by atoms with Gasteiger partial charge in [-0.05, 0) is 26.7 Å². The van der Waals surface area contributed by atoms with Crippen molar-refractivity contribution in [3.63, 3.8) is 0 Å². The summed E-state index contributed by atoms with van der Waals surface area (Å²) in [5, 5.41) is 4.14. The van der Waals surface area contributed by atoms with Gasteiger partial charge >= 0.3 is 0 Å². The Morgan fingerprint density at radius 1 is 1.53 bits per heavy atom. The number of nitrogens with zero attached hydrogens (tertiary/aromatic N) is 3. The molecule has 0 amide bonds. The van der Waals surface area contributed by atoms with Gasteiger partial charge in [0.15, 0.2) is 0 Å². The molecule has 0 bridgehead atoms. The third-order valence-corrected chi connectivity index (χ3v) is 2.71. The molecule has 6 heteroatoms. The molecule has 0 aliphatic carbocycles. The molecule has 0 spiro atoms. The molecule has 0 aromatic carbocycles. The van der Waals surface area contributed by atoms with Crippen molar-refractivity contribution in [3.8, 4) is 0 Å². The molecule has 0 fully saturated rings. The predicted octanol–water partition coefficient (Wildman–Crippen LogP) is 0.489. The zero-order chi connectivity index (χ0) is 12.5. The van der Waals surface area contributed by atoms with Crippen LogP contribution in [0.25, 0.3) is 0 Å². The molecule has 1 heterocycles. The van der Waals surface area contributed by atoms with Crippen molar-refractivity contribution in [2.75, 3.05) is 13.2 Å². The lowest BCUT2D eigenvalue weighted by atomic mass is 10.1. The van der Waals surface area contributed by atoms with Crippen LogP contribution in [-0.4, -0.2) is 34.0 Å². The van der Waals surface area contributed by atoms with Gasteiger partial charge in [0, 0.05) is 32.2 Å². The molecule has 1 rings (SSSR count). The zero-order valence-corrected chi connectivity index (χ0v) is 10.7. The first-order valence-electron chi connectivity index (χ1n) is 6.22. The Hall–Kier alpha value is -0.980. The second-order valence-corrected chi connectivity index (χ2v) is 3.90. The van der Waals surface area contributed by atoms with Gasteiger partial charge in [-0.2, -0.15) is 5.10 Å². The van der Waals surface area contributed by atoms with Crippen LogP contribution in [0.2, 0.25) is 0 Å². The first-order chi connectivity index (χ1) is 8.31. The van der Waals surface area contributed by atoms with E-state index in [1.54, 1.807) is 6.33 Å². The summed E-state index contributed by atoms with van der Waals surface area (Å²) < 4.78 is 7.20. The molecule has 0 aliphatic rings. The molecule has 3 N–H and O–H groups in total. The van der Waals surface area contributed by atoms with Gasteiger partial charge < -0.3 is 4.74 Å². The average Bonchev–Trinajstić information content (AvgIpc) is 2.80. The molecular weight excluding hydrogens is 218 g/mol. The standard InChI is InChI=1S/C11H23N5O/c1-3-16-11(13-9-14-16)8-10(15-12)6-5-7-17-4-2/h9-10,15H,3-8,12H2,1-2H3. The molecule has 0 saturated heterocycles. The van der Waals surface area contributed by atoms with Crippen LogP contribution in [-0.2, 0) is 17.7 Å². The van der Waals surface area contributed by atoms with Gasteiger partial charge in [-0.3, -0.25) is 16.0 Å². The Balaban J connectivity index is 2.35. The van der Waals surface area contributed by atoms with E-state index in [0.29, 0.717) is 0 Å². The van der Waals surface area contributed by atoms with Crippen LogP contribution < -0.4 is 11.3 Å². The highest BCUT2D eigenvalue weighted by Crippen LogP contribution is 2.05. The maximum atomic E-state index is 5.55. The van der Waals surface area contributed by atoms with Crippen molar-refractivity contribution in [1.82, 2.24) is 20.2 Å². The van der Waals surface area contributed by atoms with E-state index < -0.39 is 0 Å². The monoisotopic (exact) mass is 241 g/mol. The second-order valence-electron chi connectivity index (χ2n) is 3.90. The van der Waals surface area contributed by atoms with E-state index in [1.807, 2.05) is 11.6 Å². The van der Waals surface area contributed by atoms with Gasteiger partial charge in [0.05, 0.1) is 0 Å². The fraction of sp³-hybridized carbons (Fsp3) is 0.818. The largest absolute Gasteiger partial charge is 0.382 e. The second kappa shape index (κ2) is 8.16. The third-order valence-electron chi connectivity index (χ3n) is 2.71. The number of hydrazine groups is 1. The van der Waals surface area contributed by atoms with Gasteiger partial charge in [0.2, 0.25) is 0 Å². The van der Waals surface area contributed by atoms with Gasteiger partial charge in [-0.1, -0.05) is 0 Å². The van der Waals surface area contributed by atoms with Crippen LogP contribution in [0.5, 0.6) is 0 Å². The number of nitrogens with one attached hydrogen (secondary N) is 1. The molecule has 1 atom stereocenters. The normalized spacial score (nSPS) is 12.9. The number of nitrogens with two attached hydrogens (primary N) is 1. The Kier molecular flexibility index (Phi) is 6.76. The minimum Gasteiger partial charge on any atom is -0.382 e. The first-order valence-corrected chi connectivity index (χ1v) is 6.22. The molecule has 1 aromatic rings. The highest BCUT2D eigenvalue weighted by Gasteiger charge is 2.11. The fourth-order valence-electron chi connectivity index (χ4n) is 1.75. The van der Waals surface area contributed by atoms with Gasteiger partial charge in [-0.15, -0.1) is 0 Å². The van der Waals surface area contributed by atoms with Crippen LogP contribution in [0, 0.1) is 0 Å². The van der Waals surface area contributed by atoms with Gasteiger partial charge in [-0.25, -0.2) is 4.98 Å². The number of aryl methyl sites for hydroxylation is 1. The number of hydrogen-bond acceptors (Lipinski definition) is 5. The molecule has 1 unspecified atom stereocenters. The van der Waals surface area contributed by atoms with Crippen molar-refractivity contribution in [1.29, 1.82) is 0 Å². The molecule has 17 heavy (non-hydrogen) atoms. The third kappa shape index (κ3) is 4.80. The number of rotatable bonds is 9. The maximum Gasteiger partial charge on any atom is 0.138 e. The summed E-state index contributed by atoms with van der Waals surface area (Å²) in [5.41, 5.74) is 2.83. The lowest BCUT2D eigenvalue weighted by Gasteiger charge is -2.15. The minimum absolute atomic E-state index is 0.227. The molecule has 0 saturated carbocycles. The fourth-order valence-corrected chi connectivity index (χ4v) is 1.75. The van der Waals surface area contributed by atoms with Crippen LogP contribution in [0.3, 0.4) is 0 Å². The van der Waals surface area contributed by atoms with E-state index in [9.17, 15) is 0 Å². The first kappa shape index (κ1) is 14.1. The number of hydrogen-bond donors (Lipinski definition) is 2. The summed E-state index contributed by atoms with van der Waals surface area (Å²) in [4.78, 5) is 4.24. The predicted molar refractivity (Wildman–Crippen MR) is 66.2 cm³/mol. The summed E-state index contributed by atoms with van der Waals surface area (Å²) in [6, 6.07) is 0.227. The summed E-state index contributed by atoms with van der Waals surface area (Å²) in [6.07, 6.45) is 4.37. The van der Waals surface area contributed by atoms with Crippen molar-refractivity contribution >= 4 is 0 Å². The van der Waals surface area contributed by atoms with Gasteiger partial charge in [0.25, 0.3) is 0 Å². The quantitative estimate of drug-likeness (QED) is 0.374. The van der Waals surface area contributed by atoms with E-state index in [4.69, 9.17) is 10.6 Å². The topological polar surface area (TPSA) is 78.0 Å². The van der Waals surface area contributed by atoms with Crippen LogP contribution >= 0.6 is 0 Å². The number of aromatic nitrogens is 3. The number of ether oxygens (including phenoxy) is 1. The summed E-state index contributed by atoms with van der Waals surface area (Å²) in [5.74, 6) is 6.53. The van der Waals surface area contributed by atoms with Crippen molar-refractivity contribution in [2.45, 2.75) is 45.7 Å². The van der Waals surface area contributed by atoms with Gasteiger partial charge in [0.1, 0.15) is 12.2 Å². The summed E-state index contributed by atoms with van der Waals surface area (Å²) in [7, 11) is 0. The lowest BCUT2D eigenvalue weighted by molar-refractivity contribution is 0.140. The smallest absolute Gasteiger partial charge is 0.138 e. The molecule has 98 valence electrons. The van der Waals surface area contributed by atoms with E-state index >= 15 is 0 Å². The molecular formula is C11H23N5O. The lowest BCUT2D eigenvalue weighted by Crippen LogP contribution is -2.37. The van der Waals surface area contributed by atoms with Crippen molar-refractivity contribution in [2.24, 2.45) is 5.84 Å². The molecule has 0 aliphatic heterocycles. The summed E-state index contributed by atoms with van der Waals surface area (Å²) in [6.45, 7) is 6.45. The van der Waals surface area contributed by atoms with E-state index in [2.05, 4.69) is 22.4 Å². The Bertz CT molecular complexity index is 302. The highest BCUT2D eigenvalue weighted by atomic mass is 16.5. The zero-order valence-electron chi connectivity index (χ0n) is 10.7. The Labute approximate surface area is 103 Å². The van der Waals surface area contributed by atoms with Crippen LogP contribution in [0.15, 0.2) is 6.33 Å².